The molecule has 1 aliphatic rings. The number of carbonyl (C=O) groups is 2. The molecule has 1 saturated heterocycles. The number of hydrogen-bond donors (Lipinski definition) is 2. The summed E-state index contributed by atoms with van der Waals surface area (Å²) in [7, 11) is 0. The third kappa shape index (κ3) is 4.41. The lowest BCUT2D eigenvalue weighted by atomic mass is 9.94. The van der Waals surface area contributed by atoms with Crippen molar-refractivity contribution in [3.05, 3.63) is 0 Å². The molecule has 1 rings (SSSR count). The van der Waals surface area contributed by atoms with E-state index in [0.29, 0.717) is 19.4 Å². The molecule has 1 atom stereocenters. The fourth-order valence-corrected chi connectivity index (χ4v) is 1.81. The van der Waals surface area contributed by atoms with Crippen molar-refractivity contribution in [1.82, 2.24) is 10.6 Å². The first kappa shape index (κ1) is 13.5. The summed E-state index contributed by atoms with van der Waals surface area (Å²) in [5.74, 6) is -1.46. The number of ether oxygens (including phenoxy) is 1. The van der Waals surface area contributed by atoms with Crippen LogP contribution in [0.25, 0.3) is 0 Å². The summed E-state index contributed by atoms with van der Waals surface area (Å²) in [6, 6.07) is 1.68. The van der Waals surface area contributed by atoms with Gasteiger partial charge in [-0.3, -0.25) is 9.59 Å². The predicted molar refractivity (Wildman–Crippen MR) is 59.8 cm³/mol. The van der Waals surface area contributed by atoms with E-state index >= 15 is 0 Å². The van der Waals surface area contributed by atoms with Gasteiger partial charge in [-0.2, -0.15) is 5.26 Å². The smallest absolute Gasteiger partial charge is 0.310 e. The average molecular weight is 239 g/mol. The third-order valence-electron chi connectivity index (χ3n) is 2.57. The predicted octanol–water partition coefficient (Wildman–Crippen LogP) is -0.300. The van der Waals surface area contributed by atoms with Gasteiger partial charge in [0.2, 0.25) is 0 Å². The number of amides is 2. The number of nitrogens with zero attached hydrogens (tertiary/aromatic N) is 1. The first-order valence-electron chi connectivity index (χ1n) is 5.54. The maximum atomic E-state index is 11.5. The molecule has 2 amide bonds. The van der Waals surface area contributed by atoms with Gasteiger partial charge >= 0.3 is 11.8 Å². The second-order valence-corrected chi connectivity index (χ2v) is 4.61. The van der Waals surface area contributed by atoms with Gasteiger partial charge in [-0.15, -0.1) is 0 Å². The summed E-state index contributed by atoms with van der Waals surface area (Å²) in [6.45, 7) is 4.30. The molecule has 1 fully saturated rings. The van der Waals surface area contributed by atoms with Gasteiger partial charge in [0, 0.05) is 12.6 Å². The minimum absolute atomic E-state index is 0.0564. The van der Waals surface area contributed by atoms with Crippen molar-refractivity contribution in [1.29, 1.82) is 5.26 Å². The van der Waals surface area contributed by atoms with Gasteiger partial charge in [-0.25, -0.2) is 0 Å². The van der Waals surface area contributed by atoms with Crippen molar-refractivity contribution in [3.8, 4) is 6.07 Å². The largest absolute Gasteiger partial charge is 0.375 e. The Kier molecular flexibility index (Phi) is 4.46. The van der Waals surface area contributed by atoms with Gasteiger partial charge in [0.25, 0.3) is 0 Å². The second-order valence-electron chi connectivity index (χ2n) is 4.61. The Hall–Kier alpha value is -1.61. The van der Waals surface area contributed by atoms with Crippen LogP contribution in [0.15, 0.2) is 0 Å². The van der Waals surface area contributed by atoms with E-state index in [1.54, 1.807) is 6.07 Å². The van der Waals surface area contributed by atoms with Crippen molar-refractivity contribution in [3.63, 3.8) is 0 Å². The molecule has 0 bridgehead atoms. The molecule has 6 heteroatoms. The van der Waals surface area contributed by atoms with Crippen molar-refractivity contribution in [2.45, 2.75) is 38.3 Å². The Labute approximate surface area is 100 Å². The molecule has 1 heterocycles. The Bertz CT molecular complexity index is 346. The monoisotopic (exact) mass is 239 g/mol. The maximum Gasteiger partial charge on any atom is 0.310 e. The van der Waals surface area contributed by atoms with Gasteiger partial charge < -0.3 is 15.4 Å². The highest BCUT2D eigenvalue weighted by Crippen LogP contribution is 2.23. The molecule has 0 spiro atoms. The van der Waals surface area contributed by atoms with E-state index < -0.39 is 11.8 Å². The molecule has 17 heavy (non-hydrogen) atoms. The number of nitriles is 1. The maximum absolute atomic E-state index is 11.5. The molecule has 2 N–H and O–H groups in total. The van der Waals surface area contributed by atoms with Crippen molar-refractivity contribution < 1.29 is 14.3 Å². The van der Waals surface area contributed by atoms with E-state index in [2.05, 4.69) is 10.6 Å². The molecule has 0 aliphatic carbocycles. The fourth-order valence-electron chi connectivity index (χ4n) is 1.81. The lowest BCUT2D eigenvalue weighted by Crippen LogP contribution is -2.49. The summed E-state index contributed by atoms with van der Waals surface area (Å²) in [6.07, 6.45) is 1.37. The van der Waals surface area contributed by atoms with Crippen LogP contribution in [0.1, 0.15) is 26.7 Å². The number of rotatable bonds is 2. The van der Waals surface area contributed by atoms with Crippen LogP contribution in [0.3, 0.4) is 0 Å². The molecule has 1 unspecified atom stereocenters. The Morgan fingerprint density at radius 1 is 1.47 bits per heavy atom. The Morgan fingerprint density at radius 3 is 2.76 bits per heavy atom. The van der Waals surface area contributed by atoms with Crippen LogP contribution in [0, 0.1) is 11.3 Å². The molecule has 94 valence electrons. The van der Waals surface area contributed by atoms with Gasteiger partial charge in [-0.1, -0.05) is 0 Å². The van der Waals surface area contributed by atoms with E-state index in [1.165, 1.54) is 0 Å². The number of hydrogen-bond acceptors (Lipinski definition) is 4. The zero-order chi connectivity index (χ0) is 12.9. The molecule has 0 aromatic heterocycles. The van der Waals surface area contributed by atoms with Crippen LogP contribution in [0.2, 0.25) is 0 Å². The van der Waals surface area contributed by atoms with Crippen LogP contribution in [-0.2, 0) is 14.3 Å². The summed E-state index contributed by atoms with van der Waals surface area (Å²) in [5.41, 5.74) is -0.278. The average Bonchev–Trinajstić information content (AvgIpc) is 2.24. The minimum Gasteiger partial charge on any atom is -0.375 e. The molecule has 0 saturated carbocycles. The van der Waals surface area contributed by atoms with Crippen molar-refractivity contribution in [2.24, 2.45) is 0 Å². The molecule has 0 radical (unpaired) electrons. The SMILES string of the molecule is CC1(C)CC(NC(=O)C(=O)NCC#N)CCO1. The first-order valence-corrected chi connectivity index (χ1v) is 5.54. The van der Waals surface area contributed by atoms with E-state index in [9.17, 15) is 9.59 Å². The Balaban J connectivity index is 2.41. The van der Waals surface area contributed by atoms with Crippen molar-refractivity contribution in [2.75, 3.05) is 13.2 Å². The standard InChI is InChI=1S/C11H17N3O3/c1-11(2)7-8(3-6-17-11)14-10(16)9(15)13-5-4-12/h8H,3,5-7H2,1-2H3,(H,13,15)(H,14,16). The molecular weight excluding hydrogens is 222 g/mol. The van der Waals surface area contributed by atoms with Gasteiger partial charge in [0.1, 0.15) is 6.54 Å². The highest BCUT2D eigenvalue weighted by molar-refractivity contribution is 6.35. The highest BCUT2D eigenvalue weighted by atomic mass is 16.5. The van der Waals surface area contributed by atoms with Crippen LogP contribution in [-0.4, -0.2) is 36.6 Å². The van der Waals surface area contributed by atoms with Crippen LogP contribution in [0.4, 0.5) is 0 Å². The minimum atomic E-state index is -0.768. The molecule has 0 aromatic carbocycles. The third-order valence-corrected chi connectivity index (χ3v) is 2.57. The van der Waals surface area contributed by atoms with Crippen LogP contribution < -0.4 is 10.6 Å². The van der Waals surface area contributed by atoms with Gasteiger partial charge in [0.05, 0.1) is 11.7 Å². The normalized spacial score (nSPS) is 22.3. The Morgan fingerprint density at radius 2 is 2.18 bits per heavy atom. The lowest BCUT2D eigenvalue weighted by molar-refractivity contribution is -0.140. The summed E-state index contributed by atoms with van der Waals surface area (Å²) >= 11 is 0. The highest BCUT2D eigenvalue weighted by Gasteiger charge is 2.30. The zero-order valence-corrected chi connectivity index (χ0v) is 10.1. The fraction of sp³-hybridized carbons (Fsp3) is 0.727. The topological polar surface area (TPSA) is 91.2 Å². The zero-order valence-electron chi connectivity index (χ0n) is 10.1. The van der Waals surface area contributed by atoms with Gasteiger partial charge in [0.15, 0.2) is 0 Å². The van der Waals surface area contributed by atoms with E-state index in [0.717, 1.165) is 0 Å². The van der Waals surface area contributed by atoms with Gasteiger partial charge in [-0.05, 0) is 26.7 Å². The van der Waals surface area contributed by atoms with Crippen molar-refractivity contribution >= 4 is 11.8 Å². The van der Waals surface area contributed by atoms with E-state index in [4.69, 9.17) is 10.00 Å². The van der Waals surface area contributed by atoms with E-state index in [-0.39, 0.29) is 18.2 Å². The van der Waals surface area contributed by atoms with Crippen LogP contribution in [0.5, 0.6) is 0 Å². The molecule has 1 aliphatic heterocycles. The van der Waals surface area contributed by atoms with Crippen LogP contribution >= 0.6 is 0 Å². The molecule has 0 aromatic rings. The lowest BCUT2D eigenvalue weighted by Gasteiger charge is -2.35. The molecular formula is C11H17N3O3. The van der Waals surface area contributed by atoms with E-state index in [1.807, 2.05) is 13.8 Å². The number of carbonyl (C=O) groups excluding carboxylic acids is 2. The summed E-state index contributed by atoms with van der Waals surface area (Å²) in [4.78, 5) is 22.7. The summed E-state index contributed by atoms with van der Waals surface area (Å²) < 4.78 is 5.51. The second kappa shape index (κ2) is 5.64. The quantitative estimate of drug-likeness (QED) is 0.511. The first-order chi connectivity index (χ1) is 7.94. The molecule has 6 nitrogen and oxygen atoms in total. The summed E-state index contributed by atoms with van der Waals surface area (Å²) in [5, 5.41) is 13.1. The number of nitrogens with one attached hydrogen (secondary N) is 2.